The lowest BCUT2D eigenvalue weighted by atomic mass is 10.3. The molecule has 1 N–H and O–H groups in total. The number of carbonyl (C=O) groups excluding carboxylic acids is 1. The fourth-order valence-corrected chi connectivity index (χ4v) is 2.60. The first kappa shape index (κ1) is 18.3. The summed E-state index contributed by atoms with van der Waals surface area (Å²) in [5.41, 5.74) is 1.59. The predicted molar refractivity (Wildman–Crippen MR) is 97.3 cm³/mol. The van der Waals surface area contributed by atoms with Crippen molar-refractivity contribution < 1.29 is 19.2 Å². The van der Waals surface area contributed by atoms with Gasteiger partial charge in [-0.1, -0.05) is 0 Å². The maximum Gasteiger partial charge on any atom is 0.270 e. The lowest BCUT2D eigenvalue weighted by Crippen LogP contribution is -2.28. The van der Waals surface area contributed by atoms with E-state index in [0.717, 1.165) is 0 Å². The Labute approximate surface area is 154 Å². The van der Waals surface area contributed by atoms with E-state index < -0.39 is 4.92 Å². The molecule has 0 unspecified atom stereocenters. The molecule has 1 amide bonds. The molecule has 2 aromatic heterocycles. The van der Waals surface area contributed by atoms with Gasteiger partial charge in [-0.2, -0.15) is 0 Å². The van der Waals surface area contributed by atoms with Crippen LogP contribution >= 0.6 is 0 Å². The van der Waals surface area contributed by atoms with Crippen LogP contribution in [0.4, 0.5) is 5.69 Å². The lowest BCUT2D eigenvalue weighted by Gasteiger charge is -2.07. The van der Waals surface area contributed by atoms with Crippen LogP contribution in [0.5, 0.6) is 11.5 Å². The summed E-state index contributed by atoms with van der Waals surface area (Å²) in [6, 6.07) is 9.18. The number of rotatable bonds is 7. The second-order valence-electron chi connectivity index (χ2n) is 5.74. The number of fused-ring (bicyclic) bond motifs is 1. The standard InChI is InChI=1S/C18H18N4O5/c1-12-17(18(23)19-8-10-26-2)21-9-7-15(11-16(21)20-12)27-14-5-3-13(4-6-14)22(24)25/h3-7,9,11H,8,10H2,1-2H3,(H,19,23). The molecular weight excluding hydrogens is 352 g/mol. The van der Waals surface area contributed by atoms with Gasteiger partial charge < -0.3 is 14.8 Å². The van der Waals surface area contributed by atoms with Crippen molar-refractivity contribution in [2.24, 2.45) is 0 Å². The highest BCUT2D eigenvalue weighted by Gasteiger charge is 2.16. The molecule has 2 heterocycles. The molecule has 0 aliphatic heterocycles. The van der Waals surface area contributed by atoms with Gasteiger partial charge in [0.05, 0.1) is 17.2 Å². The Bertz CT molecular complexity index is 981. The van der Waals surface area contributed by atoms with Gasteiger partial charge in [0.15, 0.2) is 0 Å². The summed E-state index contributed by atoms with van der Waals surface area (Å²) in [7, 11) is 1.57. The van der Waals surface area contributed by atoms with Gasteiger partial charge in [-0.3, -0.25) is 19.3 Å². The molecule has 0 saturated heterocycles. The molecule has 0 bridgehead atoms. The average molecular weight is 370 g/mol. The molecule has 1 aromatic carbocycles. The zero-order chi connectivity index (χ0) is 19.4. The number of pyridine rings is 1. The second kappa shape index (κ2) is 7.83. The van der Waals surface area contributed by atoms with E-state index in [4.69, 9.17) is 9.47 Å². The molecule has 0 aliphatic rings. The van der Waals surface area contributed by atoms with Crippen molar-refractivity contribution in [3.05, 3.63) is 64.1 Å². The zero-order valence-corrected chi connectivity index (χ0v) is 14.8. The van der Waals surface area contributed by atoms with E-state index in [1.165, 1.54) is 24.3 Å². The van der Waals surface area contributed by atoms with E-state index in [1.807, 2.05) is 0 Å². The van der Waals surface area contributed by atoms with Gasteiger partial charge in [0.25, 0.3) is 11.6 Å². The third-order valence-corrected chi connectivity index (χ3v) is 3.86. The predicted octanol–water partition coefficient (Wildman–Crippen LogP) is 2.72. The Hall–Kier alpha value is -3.46. The quantitative estimate of drug-likeness (QED) is 0.389. The molecule has 0 saturated carbocycles. The number of aromatic nitrogens is 2. The van der Waals surface area contributed by atoms with E-state index in [2.05, 4.69) is 10.3 Å². The van der Waals surface area contributed by atoms with Crippen LogP contribution in [0.3, 0.4) is 0 Å². The average Bonchev–Trinajstić information content (AvgIpc) is 2.97. The van der Waals surface area contributed by atoms with Crippen molar-refractivity contribution in [3.8, 4) is 11.5 Å². The minimum absolute atomic E-state index is 0.00851. The molecule has 27 heavy (non-hydrogen) atoms. The number of aryl methyl sites for hydroxylation is 1. The van der Waals surface area contributed by atoms with Crippen molar-refractivity contribution in [2.45, 2.75) is 6.92 Å². The Morgan fingerprint density at radius 3 is 2.67 bits per heavy atom. The number of methoxy groups -OCH3 is 1. The number of hydrogen-bond acceptors (Lipinski definition) is 6. The zero-order valence-electron chi connectivity index (χ0n) is 14.8. The molecule has 9 nitrogen and oxygen atoms in total. The van der Waals surface area contributed by atoms with Crippen molar-refractivity contribution in [3.63, 3.8) is 0 Å². The molecule has 0 aliphatic carbocycles. The largest absolute Gasteiger partial charge is 0.457 e. The van der Waals surface area contributed by atoms with Gasteiger partial charge >= 0.3 is 0 Å². The fourth-order valence-electron chi connectivity index (χ4n) is 2.60. The first-order valence-corrected chi connectivity index (χ1v) is 8.17. The van der Waals surface area contributed by atoms with Crippen molar-refractivity contribution >= 4 is 17.2 Å². The number of hydrogen-bond donors (Lipinski definition) is 1. The maximum absolute atomic E-state index is 12.4. The highest BCUT2D eigenvalue weighted by atomic mass is 16.6. The molecule has 3 rings (SSSR count). The fraction of sp³-hybridized carbons (Fsp3) is 0.222. The van der Waals surface area contributed by atoms with Crippen LogP contribution in [-0.2, 0) is 4.74 Å². The van der Waals surface area contributed by atoms with Crippen LogP contribution in [0.25, 0.3) is 5.65 Å². The van der Waals surface area contributed by atoms with Gasteiger partial charge in [0.1, 0.15) is 22.8 Å². The third kappa shape index (κ3) is 4.04. The number of nitrogens with one attached hydrogen (secondary N) is 1. The third-order valence-electron chi connectivity index (χ3n) is 3.86. The minimum atomic E-state index is -0.470. The monoisotopic (exact) mass is 370 g/mol. The Morgan fingerprint density at radius 1 is 1.26 bits per heavy atom. The minimum Gasteiger partial charge on any atom is -0.457 e. The molecule has 0 atom stereocenters. The topological polar surface area (TPSA) is 108 Å². The lowest BCUT2D eigenvalue weighted by molar-refractivity contribution is -0.384. The summed E-state index contributed by atoms with van der Waals surface area (Å²) in [5.74, 6) is 0.736. The molecule has 3 aromatic rings. The maximum atomic E-state index is 12.4. The van der Waals surface area contributed by atoms with Gasteiger partial charge in [0, 0.05) is 38.1 Å². The number of carbonyl (C=O) groups is 1. The SMILES string of the molecule is COCCNC(=O)c1c(C)nc2cc(Oc3ccc([N+](=O)[O-])cc3)ccn12. The number of nitro benzene ring substituents is 1. The first-order valence-electron chi connectivity index (χ1n) is 8.17. The Morgan fingerprint density at radius 2 is 2.00 bits per heavy atom. The van der Waals surface area contributed by atoms with Crippen LogP contribution in [0.15, 0.2) is 42.6 Å². The summed E-state index contributed by atoms with van der Waals surface area (Å²) in [6.45, 7) is 2.59. The Kier molecular flexibility index (Phi) is 5.32. The summed E-state index contributed by atoms with van der Waals surface area (Å²) in [5, 5.41) is 13.5. The number of non-ortho nitro benzene ring substituents is 1. The van der Waals surface area contributed by atoms with E-state index in [9.17, 15) is 14.9 Å². The van der Waals surface area contributed by atoms with E-state index in [0.29, 0.717) is 41.7 Å². The molecule has 0 spiro atoms. The smallest absolute Gasteiger partial charge is 0.270 e. The van der Waals surface area contributed by atoms with Crippen LogP contribution in [0.1, 0.15) is 16.2 Å². The summed E-state index contributed by atoms with van der Waals surface area (Å²) in [6.07, 6.45) is 1.70. The van der Waals surface area contributed by atoms with Gasteiger partial charge in [-0.15, -0.1) is 0 Å². The molecular formula is C18H18N4O5. The molecule has 0 fully saturated rings. The van der Waals surface area contributed by atoms with Gasteiger partial charge in [-0.25, -0.2) is 4.98 Å². The van der Waals surface area contributed by atoms with Crippen LogP contribution in [0, 0.1) is 17.0 Å². The number of ether oxygens (including phenoxy) is 2. The van der Waals surface area contributed by atoms with Crippen molar-refractivity contribution in [1.82, 2.24) is 14.7 Å². The highest BCUT2D eigenvalue weighted by molar-refractivity contribution is 5.94. The summed E-state index contributed by atoms with van der Waals surface area (Å²) in [4.78, 5) is 27.0. The molecule has 9 heteroatoms. The summed E-state index contributed by atoms with van der Waals surface area (Å²) < 4.78 is 12.3. The van der Waals surface area contributed by atoms with Crippen molar-refractivity contribution in [2.75, 3.05) is 20.3 Å². The van der Waals surface area contributed by atoms with Crippen LogP contribution in [-0.4, -0.2) is 40.5 Å². The van der Waals surface area contributed by atoms with Crippen molar-refractivity contribution in [1.29, 1.82) is 0 Å². The molecule has 140 valence electrons. The Balaban J connectivity index is 1.81. The number of nitrogens with zero attached hydrogens (tertiary/aromatic N) is 3. The molecule has 0 radical (unpaired) electrons. The number of imidazole rings is 1. The number of nitro groups is 1. The second-order valence-corrected chi connectivity index (χ2v) is 5.74. The first-order chi connectivity index (χ1) is 13.0. The number of benzene rings is 1. The van der Waals surface area contributed by atoms with E-state index in [1.54, 1.807) is 36.8 Å². The van der Waals surface area contributed by atoms with Gasteiger partial charge in [-0.05, 0) is 25.1 Å². The van der Waals surface area contributed by atoms with E-state index in [-0.39, 0.29) is 11.6 Å². The van der Waals surface area contributed by atoms with Crippen LogP contribution in [0.2, 0.25) is 0 Å². The van der Waals surface area contributed by atoms with Crippen LogP contribution < -0.4 is 10.1 Å². The van der Waals surface area contributed by atoms with Gasteiger partial charge in [0.2, 0.25) is 0 Å². The highest BCUT2D eigenvalue weighted by Crippen LogP contribution is 2.25. The number of amides is 1. The summed E-state index contributed by atoms with van der Waals surface area (Å²) >= 11 is 0. The normalized spacial score (nSPS) is 10.7. The van der Waals surface area contributed by atoms with E-state index >= 15 is 0 Å².